The molecule has 0 spiro atoms. The number of ketones is 1. The monoisotopic (exact) mass is 261 g/mol. The van der Waals surface area contributed by atoms with Gasteiger partial charge in [0.05, 0.1) is 17.9 Å². The molecule has 0 saturated heterocycles. The van der Waals surface area contributed by atoms with Crippen molar-refractivity contribution in [3.63, 3.8) is 0 Å². The van der Waals surface area contributed by atoms with Crippen molar-refractivity contribution in [1.29, 1.82) is 0 Å². The standard InChI is InChI=1S/C14H12FNO3/c1-2-19-14(18)10-7-12(16-8-10)13(17)9-3-5-11(15)6-4-9/h3-8,16H,2H2,1H3. The second-order valence-corrected chi connectivity index (χ2v) is 3.86. The first-order chi connectivity index (χ1) is 9.11. The predicted molar refractivity (Wildman–Crippen MR) is 66.6 cm³/mol. The lowest BCUT2D eigenvalue weighted by atomic mass is 10.1. The average molecular weight is 261 g/mol. The SMILES string of the molecule is CCOC(=O)c1c[nH]c(C(=O)c2ccc(F)cc2)c1. The third-order valence-electron chi connectivity index (χ3n) is 2.55. The molecule has 0 aliphatic rings. The van der Waals surface area contributed by atoms with Crippen LogP contribution in [0, 0.1) is 5.82 Å². The van der Waals surface area contributed by atoms with Crippen LogP contribution in [0.25, 0.3) is 0 Å². The highest BCUT2D eigenvalue weighted by Crippen LogP contribution is 2.12. The summed E-state index contributed by atoms with van der Waals surface area (Å²) in [6.07, 6.45) is 1.41. The molecule has 0 amide bonds. The third-order valence-corrected chi connectivity index (χ3v) is 2.55. The van der Waals surface area contributed by atoms with E-state index in [2.05, 4.69) is 4.98 Å². The van der Waals surface area contributed by atoms with Crippen molar-refractivity contribution in [2.45, 2.75) is 6.92 Å². The molecule has 1 aromatic heterocycles. The van der Waals surface area contributed by atoms with Crippen molar-refractivity contribution >= 4 is 11.8 Å². The van der Waals surface area contributed by atoms with Gasteiger partial charge in [0, 0.05) is 11.8 Å². The van der Waals surface area contributed by atoms with Crippen molar-refractivity contribution in [3.05, 3.63) is 59.2 Å². The number of hydrogen-bond acceptors (Lipinski definition) is 3. The fraction of sp³-hybridized carbons (Fsp3) is 0.143. The van der Waals surface area contributed by atoms with Gasteiger partial charge in [0.25, 0.3) is 0 Å². The fourth-order valence-electron chi connectivity index (χ4n) is 1.61. The molecule has 2 aromatic rings. The molecule has 0 bridgehead atoms. The molecule has 1 N–H and O–H groups in total. The lowest BCUT2D eigenvalue weighted by Crippen LogP contribution is -2.03. The number of ether oxygens (including phenoxy) is 1. The highest BCUT2D eigenvalue weighted by atomic mass is 19.1. The van der Waals surface area contributed by atoms with Crippen molar-refractivity contribution < 1.29 is 18.7 Å². The van der Waals surface area contributed by atoms with Crippen molar-refractivity contribution in [3.8, 4) is 0 Å². The third kappa shape index (κ3) is 2.88. The molecule has 98 valence electrons. The van der Waals surface area contributed by atoms with Crippen LogP contribution in [0.4, 0.5) is 4.39 Å². The van der Waals surface area contributed by atoms with E-state index in [-0.39, 0.29) is 23.6 Å². The molecule has 0 unspecified atom stereocenters. The van der Waals surface area contributed by atoms with E-state index in [4.69, 9.17) is 4.74 Å². The van der Waals surface area contributed by atoms with E-state index in [1.807, 2.05) is 0 Å². The largest absolute Gasteiger partial charge is 0.462 e. The van der Waals surface area contributed by atoms with Gasteiger partial charge in [-0.15, -0.1) is 0 Å². The van der Waals surface area contributed by atoms with E-state index in [1.165, 1.54) is 36.5 Å². The molecule has 5 heteroatoms. The Labute approximate surface area is 109 Å². The average Bonchev–Trinajstić information content (AvgIpc) is 2.89. The van der Waals surface area contributed by atoms with Gasteiger partial charge >= 0.3 is 5.97 Å². The van der Waals surface area contributed by atoms with Gasteiger partial charge in [-0.1, -0.05) is 0 Å². The normalized spacial score (nSPS) is 10.2. The van der Waals surface area contributed by atoms with Crippen LogP contribution in [0.1, 0.15) is 33.3 Å². The summed E-state index contributed by atoms with van der Waals surface area (Å²) in [5.41, 5.74) is 0.889. The topological polar surface area (TPSA) is 59.2 Å². The summed E-state index contributed by atoms with van der Waals surface area (Å²) >= 11 is 0. The Kier molecular flexibility index (Phi) is 3.75. The van der Waals surface area contributed by atoms with E-state index in [1.54, 1.807) is 6.92 Å². The zero-order valence-corrected chi connectivity index (χ0v) is 10.3. The van der Waals surface area contributed by atoms with E-state index < -0.39 is 11.8 Å². The zero-order valence-electron chi connectivity index (χ0n) is 10.3. The highest BCUT2D eigenvalue weighted by molar-refractivity contribution is 6.08. The molecule has 0 fully saturated rings. The van der Waals surface area contributed by atoms with Gasteiger partial charge in [0.15, 0.2) is 0 Å². The second-order valence-electron chi connectivity index (χ2n) is 3.86. The first kappa shape index (κ1) is 13.0. The number of halogens is 1. The van der Waals surface area contributed by atoms with Gasteiger partial charge in [0.1, 0.15) is 5.82 Å². The van der Waals surface area contributed by atoms with E-state index in [9.17, 15) is 14.0 Å². The molecule has 4 nitrogen and oxygen atoms in total. The molecular formula is C14H12FNO3. The Balaban J connectivity index is 2.20. The lowest BCUT2D eigenvalue weighted by Gasteiger charge is -1.98. The van der Waals surface area contributed by atoms with Gasteiger partial charge in [-0.05, 0) is 37.3 Å². The van der Waals surface area contributed by atoms with Crippen LogP contribution in [0.15, 0.2) is 36.5 Å². The lowest BCUT2D eigenvalue weighted by molar-refractivity contribution is 0.0526. The minimum absolute atomic E-state index is 0.259. The number of aromatic nitrogens is 1. The molecule has 0 aliphatic carbocycles. The smallest absolute Gasteiger partial charge is 0.339 e. The van der Waals surface area contributed by atoms with Crippen molar-refractivity contribution in [1.82, 2.24) is 4.98 Å². The minimum Gasteiger partial charge on any atom is -0.462 e. The number of rotatable bonds is 4. The van der Waals surface area contributed by atoms with Crippen LogP contribution < -0.4 is 0 Å². The fourth-order valence-corrected chi connectivity index (χ4v) is 1.61. The summed E-state index contributed by atoms with van der Waals surface area (Å²) in [7, 11) is 0. The molecular weight excluding hydrogens is 249 g/mol. The Morgan fingerprint density at radius 2 is 1.89 bits per heavy atom. The summed E-state index contributed by atoms with van der Waals surface area (Å²) in [4.78, 5) is 26.2. The predicted octanol–water partition coefficient (Wildman–Crippen LogP) is 2.56. The first-order valence-corrected chi connectivity index (χ1v) is 5.77. The van der Waals surface area contributed by atoms with Crippen LogP contribution in [-0.2, 0) is 4.74 Å². The number of nitrogens with one attached hydrogen (secondary N) is 1. The Hall–Kier alpha value is -2.43. The Bertz CT molecular complexity index is 601. The van der Waals surface area contributed by atoms with Gasteiger partial charge < -0.3 is 9.72 Å². The Morgan fingerprint density at radius 1 is 1.21 bits per heavy atom. The molecule has 0 aliphatic heterocycles. The molecule has 1 heterocycles. The van der Waals surface area contributed by atoms with E-state index in [0.29, 0.717) is 5.56 Å². The maximum atomic E-state index is 12.8. The van der Waals surface area contributed by atoms with E-state index in [0.717, 1.165) is 0 Å². The van der Waals surface area contributed by atoms with Crippen molar-refractivity contribution in [2.24, 2.45) is 0 Å². The summed E-state index contributed by atoms with van der Waals surface area (Å²) in [5, 5.41) is 0. The number of carbonyl (C=O) groups excluding carboxylic acids is 2. The van der Waals surface area contributed by atoms with Gasteiger partial charge in [-0.3, -0.25) is 4.79 Å². The number of H-pyrrole nitrogens is 1. The molecule has 0 saturated carbocycles. The second kappa shape index (κ2) is 5.48. The molecule has 1 aromatic carbocycles. The van der Waals surface area contributed by atoms with Gasteiger partial charge in [-0.2, -0.15) is 0 Å². The summed E-state index contributed by atoms with van der Waals surface area (Å²) in [6.45, 7) is 1.97. The summed E-state index contributed by atoms with van der Waals surface area (Å²) in [5.74, 6) is -1.21. The van der Waals surface area contributed by atoms with Crippen molar-refractivity contribution in [2.75, 3.05) is 6.61 Å². The molecule has 0 radical (unpaired) electrons. The number of benzene rings is 1. The highest BCUT2D eigenvalue weighted by Gasteiger charge is 2.15. The van der Waals surface area contributed by atoms with Crippen LogP contribution in [-0.4, -0.2) is 23.3 Å². The minimum atomic E-state index is -0.489. The maximum absolute atomic E-state index is 12.8. The Morgan fingerprint density at radius 3 is 2.53 bits per heavy atom. The number of aromatic amines is 1. The van der Waals surface area contributed by atoms with Crippen LogP contribution in [0.5, 0.6) is 0 Å². The molecule has 2 rings (SSSR count). The molecule has 19 heavy (non-hydrogen) atoms. The number of carbonyl (C=O) groups is 2. The summed E-state index contributed by atoms with van der Waals surface area (Å²) in [6, 6.07) is 6.62. The van der Waals surface area contributed by atoms with Gasteiger partial charge in [-0.25, -0.2) is 9.18 Å². The van der Waals surface area contributed by atoms with Crippen LogP contribution >= 0.6 is 0 Å². The quantitative estimate of drug-likeness (QED) is 0.679. The van der Waals surface area contributed by atoms with E-state index >= 15 is 0 Å². The van der Waals surface area contributed by atoms with Gasteiger partial charge in [0.2, 0.25) is 5.78 Å². The molecule has 0 atom stereocenters. The van der Waals surface area contributed by atoms with Crippen LogP contribution in [0.3, 0.4) is 0 Å². The first-order valence-electron chi connectivity index (χ1n) is 5.77. The van der Waals surface area contributed by atoms with Crippen LogP contribution in [0.2, 0.25) is 0 Å². The number of hydrogen-bond donors (Lipinski definition) is 1. The number of esters is 1. The summed E-state index contributed by atoms with van der Waals surface area (Å²) < 4.78 is 17.6. The maximum Gasteiger partial charge on any atom is 0.339 e. The zero-order chi connectivity index (χ0) is 13.8.